The van der Waals surface area contributed by atoms with Crippen molar-refractivity contribution in [1.29, 1.82) is 5.26 Å². The zero-order valence-corrected chi connectivity index (χ0v) is 16.8. The lowest BCUT2D eigenvalue weighted by Crippen LogP contribution is -2.22. The van der Waals surface area contributed by atoms with Gasteiger partial charge in [0.25, 0.3) is 0 Å². The molecule has 1 heterocycles. The van der Waals surface area contributed by atoms with Crippen LogP contribution < -0.4 is 0 Å². The molecule has 3 rings (SSSR count). The van der Waals surface area contributed by atoms with Crippen LogP contribution in [0.2, 0.25) is 0 Å². The van der Waals surface area contributed by atoms with E-state index in [1.807, 2.05) is 6.07 Å². The SMILES string of the molecule is CC(C)(CC#N)CCC(C)(C)c1cc(-c2ccccc2)nc2ccccc12. The number of nitriles is 1. The molecule has 0 amide bonds. The van der Waals surface area contributed by atoms with Crippen molar-refractivity contribution in [3.05, 3.63) is 66.2 Å². The first-order valence-corrected chi connectivity index (χ1v) is 9.65. The van der Waals surface area contributed by atoms with E-state index in [4.69, 9.17) is 10.2 Å². The first kappa shape index (κ1) is 19.1. The molecule has 2 heteroatoms. The Morgan fingerprint density at radius 3 is 2.26 bits per heavy atom. The van der Waals surface area contributed by atoms with Crippen molar-refractivity contribution in [2.24, 2.45) is 5.41 Å². The quantitative estimate of drug-likeness (QED) is 0.481. The molecule has 138 valence electrons. The lowest BCUT2D eigenvalue weighted by Gasteiger charge is -2.31. The molecule has 0 unspecified atom stereocenters. The molecular weight excluding hydrogens is 328 g/mol. The minimum Gasteiger partial charge on any atom is -0.248 e. The van der Waals surface area contributed by atoms with Crippen LogP contribution in [0.25, 0.3) is 22.2 Å². The summed E-state index contributed by atoms with van der Waals surface area (Å²) in [5.41, 5.74) is 4.58. The van der Waals surface area contributed by atoms with Crippen molar-refractivity contribution in [1.82, 2.24) is 4.98 Å². The number of rotatable bonds is 6. The van der Waals surface area contributed by atoms with E-state index in [-0.39, 0.29) is 10.8 Å². The zero-order chi connectivity index (χ0) is 19.5. The molecule has 2 nitrogen and oxygen atoms in total. The van der Waals surface area contributed by atoms with Gasteiger partial charge in [-0.05, 0) is 41.4 Å². The van der Waals surface area contributed by atoms with Gasteiger partial charge in [-0.25, -0.2) is 4.98 Å². The van der Waals surface area contributed by atoms with Crippen LogP contribution in [0, 0.1) is 16.7 Å². The summed E-state index contributed by atoms with van der Waals surface area (Å²) >= 11 is 0. The van der Waals surface area contributed by atoms with Gasteiger partial charge in [0.1, 0.15) is 0 Å². The van der Waals surface area contributed by atoms with Crippen molar-refractivity contribution in [2.45, 2.75) is 52.4 Å². The molecule has 0 bridgehead atoms. The normalized spacial score (nSPS) is 12.1. The van der Waals surface area contributed by atoms with Gasteiger partial charge in [-0.15, -0.1) is 0 Å². The summed E-state index contributed by atoms with van der Waals surface area (Å²) in [4.78, 5) is 4.91. The molecule has 2 aromatic carbocycles. The number of nitrogens with zero attached hydrogens (tertiary/aromatic N) is 2. The van der Waals surface area contributed by atoms with Gasteiger partial charge in [-0.1, -0.05) is 76.2 Å². The molecule has 3 aromatic rings. The molecule has 0 radical (unpaired) electrons. The third-order valence-electron chi connectivity index (χ3n) is 5.50. The molecule has 0 saturated heterocycles. The fourth-order valence-electron chi connectivity index (χ4n) is 3.58. The molecule has 0 aliphatic rings. The average molecular weight is 357 g/mol. The molecule has 0 atom stereocenters. The van der Waals surface area contributed by atoms with Crippen LogP contribution in [-0.2, 0) is 5.41 Å². The first-order chi connectivity index (χ1) is 12.8. The van der Waals surface area contributed by atoms with Crippen molar-refractivity contribution < 1.29 is 0 Å². The van der Waals surface area contributed by atoms with Gasteiger partial charge in [0.2, 0.25) is 0 Å². The van der Waals surface area contributed by atoms with Gasteiger partial charge in [-0.2, -0.15) is 5.26 Å². The number of fused-ring (bicyclic) bond motifs is 1. The summed E-state index contributed by atoms with van der Waals surface area (Å²) in [5.74, 6) is 0. The third-order valence-corrected chi connectivity index (χ3v) is 5.50. The van der Waals surface area contributed by atoms with Gasteiger partial charge in [-0.3, -0.25) is 0 Å². The number of benzene rings is 2. The second kappa shape index (κ2) is 7.53. The number of hydrogen-bond acceptors (Lipinski definition) is 2. The molecule has 1 aromatic heterocycles. The summed E-state index contributed by atoms with van der Waals surface area (Å²) in [5, 5.41) is 10.3. The monoisotopic (exact) mass is 356 g/mol. The van der Waals surface area contributed by atoms with Crippen molar-refractivity contribution in [3.8, 4) is 17.3 Å². The highest BCUT2D eigenvalue weighted by molar-refractivity contribution is 5.86. The number of para-hydroxylation sites is 1. The maximum absolute atomic E-state index is 9.09. The zero-order valence-electron chi connectivity index (χ0n) is 16.8. The highest BCUT2D eigenvalue weighted by Crippen LogP contribution is 2.39. The minimum atomic E-state index is -0.00119. The van der Waals surface area contributed by atoms with Gasteiger partial charge in [0.15, 0.2) is 0 Å². The molecule has 0 aliphatic carbocycles. The highest BCUT2D eigenvalue weighted by Gasteiger charge is 2.28. The Hall–Kier alpha value is -2.66. The van der Waals surface area contributed by atoms with Crippen LogP contribution in [0.15, 0.2) is 60.7 Å². The highest BCUT2D eigenvalue weighted by atomic mass is 14.7. The first-order valence-electron chi connectivity index (χ1n) is 9.65. The lowest BCUT2D eigenvalue weighted by atomic mass is 9.73. The van der Waals surface area contributed by atoms with Crippen LogP contribution in [0.1, 0.15) is 52.5 Å². The third kappa shape index (κ3) is 4.37. The van der Waals surface area contributed by atoms with Gasteiger partial charge in [0.05, 0.1) is 17.3 Å². The van der Waals surface area contributed by atoms with E-state index in [1.54, 1.807) is 0 Å². The van der Waals surface area contributed by atoms with Gasteiger partial charge in [0, 0.05) is 17.4 Å². The summed E-state index contributed by atoms with van der Waals surface area (Å²) in [6, 6.07) is 23.4. The minimum absolute atomic E-state index is 0.00119. The Morgan fingerprint density at radius 1 is 0.889 bits per heavy atom. The number of hydrogen-bond donors (Lipinski definition) is 0. The van der Waals surface area contributed by atoms with E-state index in [1.165, 1.54) is 10.9 Å². The Balaban J connectivity index is 2.05. The molecule has 0 spiro atoms. The van der Waals surface area contributed by atoms with E-state index in [2.05, 4.69) is 88.4 Å². The fourth-order valence-corrected chi connectivity index (χ4v) is 3.58. The number of aromatic nitrogens is 1. The second-order valence-electron chi connectivity index (χ2n) is 8.82. The topological polar surface area (TPSA) is 36.7 Å². The predicted octanol–water partition coefficient (Wildman–Crippen LogP) is 6.90. The van der Waals surface area contributed by atoms with Crippen LogP contribution in [0.4, 0.5) is 0 Å². The van der Waals surface area contributed by atoms with Crippen molar-refractivity contribution in [3.63, 3.8) is 0 Å². The standard InChI is InChI=1S/C25H28N2/c1-24(2,16-17-26)14-15-25(3,4)21-18-23(19-10-6-5-7-11-19)27-22-13-9-8-12-20(21)22/h5-13,18H,14-16H2,1-4H3. The summed E-state index contributed by atoms with van der Waals surface area (Å²) < 4.78 is 0. The molecule has 27 heavy (non-hydrogen) atoms. The lowest BCUT2D eigenvalue weighted by molar-refractivity contribution is 0.293. The maximum Gasteiger partial charge on any atom is 0.0712 e. The molecule has 0 fully saturated rings. The Kier molecular flexibility index (Phi) is 5.33. The van der Waals surface area contributed by atoms with Crippen molar-refractivity contribution >= 4 is 10.9 Å². The molecule has 0 aliphatic heterocycles. The molecule has 0 saturated carbocycles. The second-order valence-corrected chi connectivity index (χ2v) is 8.82. The average Bonchev–Trinajstić information content (AvgIpc) is 2.66. The van der Waals surface area contributed by atoms with E-state index >= 15 is 0 Å². The van der Waals surface area contributed by atoms with E-state index in [0.717, 1.165) is 29.6 Å². The van der Waals surface area contributed by atoms with E-state index in [9.17, 15) is 0 Å². The molecule has 0 N–H and O–H groups in total. The molecular formula is C25H28N2. The van der Waals surface area contributed by atoms with Crippen LogP contribution in [0.5, 0.6) is 0 Å². The van der Waals surface area contributed by atoms with E-state index < -0.39 is 0 Å². The maximum atomic E-state index is 9.09. The Morgan fingerprint density at radius 2 is 1.56 bits per heavy atom. The largest absolute Gasteiger partial charge is 0.248 e. The Bertz CT molecular complexity index is 963. The smallest absolute Gasteiger partial charge is 0.0712 e. The van der Waals surface area contributed by atoms with Crippen LogP contribution >= 0.6 is 0 Å². The van der Waals surface area contributed by atoms with Crippen molar-refractivity contribution in [2.75, 3.05) is 0 Å². The van der Waals surface area contributed by atoms with E-state index in [0.29, 0.717) is 6.42 Å². The summed E-state index contributed by atoms with van der Waals surface area (Å²) in [7, 11) is 0. The van der Waals surface area contributed by atoms with Gasteiger partial charge < -0.3 is 0 Å². The fraction of sp³-hybridized carbons (Fsp3) is 0.360. The predicted molar refractivity (Wildman–Crippen MR) is 113 cm³/mol. The Labute approximate surface area is 162 Å². The van der Waals surface area contributed by atoms with Crippen LogP contribution in [0.3, 0.4) is 0 Å². The van der Waals surface area contributed by atoms with Gasteiger partial charge >= 0.3 is 0 Å². The summed E-state index contributed by atoms with van der Waals surface area (Å²) in [6.07, 6.45) is 2.64. The summed E-state index contributed by atoms with van der Waals surface area (Å²) in [6.45, 7) is 9.00. The number of pyridine rings is 1. The van der Waals surface area contributed by atoms with Crippen LogP contribution in [-0.4, -0.2) is 4.98 Å².